The third-order valence-corrected chi connectivity index (χ3v) is 4.24. The molecule has 1 aromatic heterocycles. The molecule has 1 aliphatic rings. The van der Waals surface area contributed by atoms with Crippen molar-refractivity contribution >= 4 is 22.4 Å². The van der Waals surface area contributed by atoms with Crippen molar-refractivity contribution in [3.63, 3.8) is 0 Å². The lowest BCUT2D eigenvalue weighted by Crippen LogP contribution is -2.35. The molecular formula is C19H20N4O. The van der Waals surface area contributed by atoms with Crippen molar-refractivity contribution in [1.82, 2.24) is 14.9 Å². The molecule has 0 saturated carbocycles. The minimum Gasteiger partial charge on any atom is -0.379 e. The Morgan fingerprint density at radius 3 is 2.79 bits per heavy atom. The highest BCUT2D eigenvalue weighted by Gasteiger charge is 2.11. The predicted molar refractivity (Wildman–Crippen MR) is 95.4 cm³/mol. The number of morpholine rings is 1. The number of nitrogens with one attached hydrogen (secondary N) is 1. The number of fused-ring (bicyclic) bond motifs is 1. The van der Waals surface area contributed by atoms with Gasteiger partial charge in [0.1, 0.15) is 12.1 Å². The second-order valence-corrected chi connectivity index (χ2v) is 5.95. The average Bonchev–Trinajstić information content (AvgIpc) is 2.63. The Hall–Kier alpha value is -2.50. The zero-order chi connectivity index (χ0) is 16.2. The summed E-state index contributed by atoms with van der Waals surface area (Å²) in [5, 5.41) is 4.46. The van der Waals surface area contributed by atoms with E-state index in [9.17, 15) is 0 Å². The van der Waals surface area contributed by atoms with Gasteiger partial charge in [0.15, 0.2) is 0 Å². The number of nitrogens with zero attached hydrogens (tertiary/aromatic N) is 3. The lowest BCUT2D eigenvalue weighted by atomic mass is 10.1. The number of rotatable bonds is 4. The Bertz CT molecular complexity index is 825. The van der Waals surface area contributed by atoms with E-state index in [1.54, 1.807) is 6.33 Å². The van der Waals surface area contributed by atoms with E-state index in [-0.39, 0.29) is 0 Å². The van der Waals surface area contributed by atoms with Crippen LogP contribution in [0.4, 0.5) is 11.5 Å². The van der Waals surface area contributed by atoms with Gasteiger partial charge in [-0.15, -0.1) is 0 Å². The third kappa shape index (κ3) is 3.37. The van der Waals surface area contributed by atoms with E-state index in [1.807, 2.05) is 24.3 Å². The number of aromatic nitrogens is 2. The summed E-state index contributed by atoms with van der Waals surface area (Å²) in [6.45, 7) is 4.58. The lowest BCUT2D eigenvalue weighted by Gasteiger charge is -2.26. The standard InChI is InChI=1S/C19H20N4O/c1-2-7-18-17(6-1)19(21-14-20-18)22-16-5-3-4-15(12-16)13-23-8-10-24-11-9-23/h1-7,12,14H,8-11,13H2,(H,20,21,22). The topological polar surface area (TPSA) is 50.3 Å². The molecule has 0 aliphatic carbocycles. The third-order valence-electron chi connectivity index (χ3n) is 4.24. The molecule has 5 nitrogen and oxygen atoms in total. The van der Waals surface area contributed by atoms with Crippen LogP contribution in [-0.2, 0) is 11.3 Å². The van der Waals surface area contributed by atoms with Crippen molar-refractivity contribution in [3.8, 4) is 0 Å². The smallest absolute Gasteiger partial charge is 0.141 e. The van der Waals surface area contributed by atoms with Gasteiger partial charge in [-0.2, -0.15) is 0 Å². The molecule has 0 atom stereocenters. The Morgan fingerprint density at radius 1 is 1.00 bits per heavy atom. The van der Waals surface area contributed by atoms with E-state index < -0.39 is 0 Å². The van der Waals surface area contributed by atoms with Crippen molar-refractivity contribution in [3.05, 3.63) is 60.4 Å². The van der Waals surface area contributed by atoms with Gasteiger partial charge in [-0.3, -0.25) is 4.90 Å². The summed E-state index contributed by atoms with van der Waals surface area (Å²) in [7, 11) is 0. The summed E-state index contributed by atoms with van der Waals surface area (Å²) in [6.07, 6.45) is 1.60. The van der Waals surface area contributed by atoms with Crippen LogP contribution in [0.1, 0.15) is 5.56 Å². The van der Waals surface area contributed by atoms with Crippen LogP contribution < -0.4 is 5.32 Å². The van der Waals surface area contributed by atoms with Crippen molar-refractivity contribution in [2.24, 2.45) is 0 Å². The lowest BCUT2D eigenvalue weighted by molar-refractivity contribution is 0.0342. The molecule has 4 rings (SSSR count). The SMILES string of the molecule is c1cc(CN2CCOCC2)cc(Nc2ncnc3ccccc23)c1. The van der Waals surface area contributed by atoms with Gasteiger partial charge in [0.2, 0.25) is 0 Å². The highest BCUT2D eigenvalue weighted by Crippen LogP contribution is 2.23. The zero-order valence-electron chi connectivity index (χ0n) is 13.5. The van der Waals surface area contributed by atoms with Gasteiger partial charge >= 0.3 is 0 Å². The first-order valence-corrected chi connectivity index (χ1v) is 8.24. The molecule has 1 fully saturated rings. The Balaban J connectivity index is 1.55. The molecule has 1 saturated heterocycles. The Labute approximate surface area is 141 Å². The second-order valence-electron chi connectivity index (χ2n) is 5.95. The van der Waals surface area contributed by atoms with Crippen molar-refractivity contribution in [1.29, 1.82) is 0 Å². The van der Waals surface area contributed by atoms with Gasteiger partial charge in [-0.25, -0.2) is 9.97 Å². The molecule has 0 bridgehead atoms. The van der Waals surface area contributed by atoms with E-state index >= 15 is 0 Å². The van der Waals surface area contributed by atoms with E-state index in [4.69, 9.17) is 4.74 Å². The summed E-state index contributed by atoms with van der Waals surface area (Å²) < 4.78 is 5.41. The maximum atomic E-state index is 5.41. The van der Waals surface area contributed by atoms with Crippen LogP contribution in [0.3, 0.4) is 0 Å². The van der Waals surface area contributed by atoms with Crippen LogP contribution in [0, 0.1) is 0 Å². The fourth-order valence-electron chi connectivity index (χ4n) is 3.01. The maximum Gasteiger partial charge on any atom is 0.141 e. The molecule has 1 aliphatic heterocycles. The predicted octanol–water partition coefficient (Wildman–Crippen LogP) is 3.21. The van der Waals surface area contributed by atoms with Crippen LogP contribution in [0.15, 0.2) is 54.9 Å². The summed E-state index contributed by atoms with van der Waals surface area (Å²) in [5.74, 6) is 0.837. The number of anilines is 2. The second kappa shape index (κ2) is 6.95. The first kappa shape index (κ1) is 15.1. The molecule has 2 aromatic carbocycles. The average molecular weight is 320 g/mol. The largest absolute Gasteiger partial charge is 0.379 e. The highest BCUT2D eigenvalue weighted by molar-refractivity contribution is 5.90. The number of para-hydroxylation sites is 1. The molecule has 5 heteroatoms. The summed E-state index contributed by atoms with van der Waals surface area (Å²) in [5.41, 5.74) is 3.28. The van der Waals surface area contributed by atoms with Gasteiger partial charge in [-0.05, 0) is 29.8 Å². The van der Waals surface area contributed by atoms with Crippen LogP contribution in [0.2, 0.25) is 0 Å². The number of ether oxygens (including phenoxy) is 1. The minimum absolute atomic E-state index is 0.824. The monoisotopic (exact) mass is 320 g/mol. The van der Waals surface area contributed by atoms with Crippen molar-refractivity contribution < 1.29 is 4.74 Å². The van der Waals surface area contributed by atoms with Crippen LogP contribution in [-0.4, -0.2) is 41.2 Å². The van der Waals surface area contributed by atoms with E-state index in [2.05, 4.69) is 44.5 Å². The first-order chi connectivity index (χ1) is 11.9. The van der Waals surface area contributed by atoms with Crippen LogP contribution in [0.25, 0.3) is 10.9 Å². The maximum absolute atomic E-state index is 5.41. The molecule has 2 heterocycles. The van der Waals surface area contributed by atoms with Crippen LogP contribution in [0.5, 0.6) is 0 Å². The molecule has 3 aromatic rings. The van der Waals surface area contributed by atoms with E-state index in [1.165, 1.54) is 5.56 Å². The summed E-state index contributed by atoms with van der Waals surface area (Å²) in [4.78, 5) is 11.1. The van der Waals surface area contributed by atoms with Gasteiger partial charge in [0.05, 0.1) is 18.7 Å². The number of hydrogen-bond donors (Lipinski definition) is 1. The number of benzene rings is 2. The Morgan fingerprint density at radius 2 is 1.88 bits per heavy atom. The van der Waals surface area contributed by atoms with Gasteiger partial charge in [0, 0.05) is 30.7 Å². The molecule has 24 heavy (non-hydrogen) atoms. The highest BCUT2D eigenvalue weighted by atomic mass is 16.5. The molecule has 122 valence electrons. The minimum atomic E-state index is 0.824. The van der Waals surface area contributed by atoms with Gasteiger partial charge in [-0.1, -0.05) is 24.3 Å². The van der Waals surface area contributed by atoms with Crippen molar-refractivity contribution in [2.45, 2.75) is 6.54 Å². The van der Waals surface area contributed by atoms with Gasteiger partial charge < -0.3 is 10.1 Å². The molecule has 0 spiro atoms. The van der Waals surface area contributed by atoms with Crippen molar-refractivity contribution in [2.75, 3.05) is 31.6 Å². The Kier molecular flexibility index (Phi) is 4.36. The number of hydrogen-bond acceptors (Lipinski definition) is 5. The van der Waals surface area contributed by atoms with Gasteiger partial charge in [0.25, 0.3) is 0 Å². The molecular weight excluding hydrogens is 300 g/mol. The molecule has 0 unspecified atom stereocenters. The first-order valence-electron chi connectivity index (χ1n) is 8.24. The molecule has 0 radical (unpaired) electrons. The summed E-state index contributed by atoms with van der Waals surface area (Å²) >= 11 is 0. The molecule has 1 N–H and O–H groups in total. The fraction of sp³-hybridized carbons (Fsp3) is 0.263. The quantitative estimate of drug-likeness (QED) is 0.800. The zero-order valence-corrected chi connectivity index (χ0v) is 13.5. The summed E-state index contributed by atoms with van der Waals surface area (Å²) in [6, 6.07) is 16.5. The van der Waals surface area contributed by atoms with E-state index in [0.29, 0.717) is 0 Å². The van der Waals surface area contributed by atoms with E-state index in [0.717, 1.165) is 55.3 Å². The normalized spacial score (nSPS) is 15.5. The molecule has 0 amide bonds. The van der Waals surface area contributed by atoms with Crippen LogP contribution >= 0.6 is 0 Å². The fourth-order valence-corrected chi connectivity index (χ4v) is 3.01.